The average molecular weight is 454 g/mol. The van der Waals surface area contributed by atoms with Crippen LogP contribution in [0.15, 0.2) is 0 Å². The van der Waals surface area contributed by atoms with Crippen molar-refractivity contribution in [3.8, 4) is 0 Å². The van der Waals surface area contributed by atoms with Gasteiger partial charge in [-0.15, -0.1) is 0 Å². The molecule has 2 saturated heterocycles. The minimum atomic E-state index is -1.79. The molecule has 3 aliphatic rings. The molecule has 0 unspecified atom stereocenters. The van der Waals surface area contributed by atoms with E-state index in [0.717, 1.165) is 0 Å². The van der Waals surface area contributed by atoms with Crippen molar-refractivity contribution < 1.29 is 38.7 Å². The Hall–Kier alpha value is -0.550. The van der Waals surface area contributed by atoms with Crippen molar-refractivity contribution in [3.05, 3.63) is 0 Å². The van der Waals surface area contributed by atoms with E-state index in [9.17, 15) is 15.3 Å². The van der Waals surface area contributed by atoms with Crippen LogP contribution in [0.1, 0.15) is 19.3 Å². The summed E-state index contributed by atoms with van der Waals surface area (Å²) in [7, 11) is 0. The molecule has 0 spiro atoms. The van der Waals surface area contributed by atoms with Gasteiger partial charge in [0, 0.05) is 18.6 Å². The largest absolute Gasteiger partial charge is 0.394 e. The average Bonchev–Trinajstić information content (AvgIpc) is 2.75. The van der Waals surface area contributed by atoms with Gasteiger partial charge in [0.05, 0.1) is 24.8 Å². The van der Waals surface area contributed by atoms with Gasteiger partial charge in [-0.25, -0.2) is 4.39 Å². The SMILES string of the molecule is NC[C@@H]1CC[C@@H](N)[C@@H](O[C@H]2[C@H](F)[C@@H](O[C@H]3O[C@H](CO)[C@@H](O)[C@H](N)[C@H]3O)[C@H](N)C[C@@H]2N)O1. The first kappa shape index (κ1) is 25.1. The summed E-state index contributed by atoms with van der Waals surface area (Å²) in [5, 5.41) is 29.6. The van der Waals surface area contributed by atoms with Crippen LogP contribution < -0.4 is 28.7 Å². The van der Waals surface area contributed by atoms with Gasteiger partial charge in [-0.2, -0.15) is 0 Å². The number of hydrogen-bond acceptors (Lipinski definition) is 12. The Morgan fingerprint density at radius 3 is 2.06 bits per heavy atom. The fourth-order valence-electron chi connectivity index (χ4n) is 4.31. The lowest BCUT2D eigenvalue weighted by Crippen LogP contribution is -2.67. The molecule has 0 aromatic rings. The number of alkyl halides is 1. The van der Waals surface area contributed by atoms with E-state index in [1.807, 2.05) is 0 Å². The predicted octanol–water partition coefficient (Wildman–Crippen LogP) is -4.29. The van der Waals surface area contributed by atoms with Gasteiger partial charge in [0.1, 0.15) is 30.5 Å². The van der Waals surface area contributed by atoms with Crippen LogP contribution in [0.2, 0.25) is 0 Å². The first-order valence-corrected chi connectivity index (χ1v) is 10.6. The smallest absolute Gasteiger partial charge is 0.186 e. The van der Waals surface area contributed by atoms with Crippen LogP contribution in [-0.2, 0) is 18.9 Å². The van der Waals surface area contributed by atoms with E-state index < -0.39 is 80.0 Å². The van der Waals surface area contributed by atoms with E-state index in [-0.39, 0.29) is 19.1 Å². The molecular formula is C18H36FN5O7. The number of halogens is 1. The van der Waals surface area contributed by atoms with Crippen LogP contribution in [0.4, 0.5) is 4.39 Å². The van der Waals surface area contributed by atoms with E-state index in [0.29, 0.717) is 12.8 Å². The van der Waals surface area contributed by atoms with Crippen molar-refractivity contribution in [1.82, 2.24) is 0 Å². The quantitative estimate of drug-likeness (QED) is 0.191. The number of ether oxygens (including phenoxy) is 4. The summed E-state index contributed by atoms with van der Waals surface area (Å²) in [6, 6.07) is -3.20. The zero-order valence-corrected chi connectivity index (χ0v) is 17.3. The minimum Gasteiger partial charge on any atom is -0.394 e. The van der Waals surface area contributed by atoms with Crippen LogP contribution in [-0.4, -0.2) is 108 Å². The molecule has 2 aliphatic heterocycles. The molecule has 1 saturated carbocycles. The van der Waals surface area contributed by atoms with Crippen molar-refractivity contribution in [2.75, 3.05) is 13.2 Å². The molecule has 0 aromatic heterocycles. The van der Waals surface area contributed by atoms with Crippen LogP contribution in [0.25, 0.3) is 0 Å². The van der Waals surface area contributed by atoms with E-state index in [4.69, 9.17) is 47.6 Å². The first-order valence-electron chi connectivity index (χ1n) is 10.6. The highest BCUT2D eigenvalue weighted by atomic mass is 19.1. The van der Waals surface area contributed by atoms with Gasteiger partial charge in [0.2, 0.25) is 0 Å². The van der Waals surface area contributed by atoms with Crippen LogP contribution in [0.5, 0.6) is 0 Å². The maximum atomic E-state index is 15.5. The molecule has 0 radical (unpaired) electrons. The van der Waals surface area contributed by atoms with Crippen LogP contribution in [0, 0.1) is 0 Å². The molecule has 0 bridgehead atoms. The van der Waals surface area contributed by atoms with Crippen molar-refractivity contribution in [1.29, 1.82) is 0 Å². The second kappa shape index (κ2) is 10.6. The van der Waals surface area contributed by atoms with Gasteiger partial charge in [-0.05, 0) is 19.3 Å². The van der Waals surface area contributed by atoms with Crippen molar-refractivity contribution in [2.45, 2.75) is 98.8 Å². The van der Waals surface area contributed by atoms with E-state index in [2.05, 4.69) is 0 Å². The Morgan fingerprint density at radius 1 is 0.871 bits per heavy atom. The lowest BCUT2D eigenvalue weighted by atomic mass is 9.85. The molecular weight excluding hydrogens is 417 g/mol. The number of aliphatic hydroxyl groups is 3. The molecule has 182 valence electrons. The first-order chi connectivity index (χ1) is 14.7. The summed E-state index contributed by atoms with van der Waals surface area (Å²) in [5.41, 5.74) is 29.7. The zero-order chi connectivity index (χ0) is 22.9. The highest BCUT2D eigenvalue weighted by molar-refractivity contribution is 5.01. The van der Waals surface area contributed by atoms with Gasteiger partial charge in [0.25, 0.3) is 0 Å². The summed E-state index contributed by atoms with van der Waals surface area (Å²) >= 11 is 0. The van der Waals surface area contributed by atoms with E-state index in [1.54, 1.807) is 0 Å². The molecule has 13 atom stereocenters. The molecule has 13 heteroatoms. The fraction of sp³-hybridized carbons (Fsp3) is 1.00. The van der Waals surface area contributed by atoms with E-state index >= 15 is 4.39 Å². The minimum absolute atomic E-state index is 0.166. The Bertz CT molecular complexity index is 581. The molecule has 3 fully saturated rings. The normalized spacial score (nSPS) is 51.6. The van der Waals surface area contributed by atoms with Crippen molar-refractivity contribution >= 4 is 0 Å². The Morgan fingerprint density at radius 2 is 1.48 bits per heavy atom. The maximum Gasteiger partial charge on any atom is 0.186 e. The summed E-state index contributed by atoms with van der Waals surface area (Å²) in [6.45, 7) is -0.277. The molecule has 3 rings (SSSR count). The maximum absolute atomic E-state index is 15.5. The predicted molar refractivity (Wildman–Crippen MR) is 106 cm³/mol. The topological polar surface area (TPSA) is 228 Å². The molecule has 1 aliphatic carbocycles. The second-order valence-corrected chi connectivity index (χ2v) is 8.60. The summed E-state index contributed by atoms with van der Waals surface area (Å²) in [4.78, 5) is 0. The highest BCUT2D eigenvalue weighted by Crippen LogP contribution is 2.32. The van der Waals surface area contributed by atoms with Crippen molar-refractivity contribution in [2.24, 2.45) is 28.7 Å². The lowest BCUT2D eigenvalue weighted by molar-refractivity contribution is -0.307. The number of aliphatic hydroxyl groups excluding tert-OH is 3. The highest BCUT2D eigenvalue weighted by Gasteiger charge is 2.50. The number of hydrogen-bond donors (Lipinski definition) is 8. The Labute approximate surface area is 180 Å². The monoisotopic (exact) mass is 453 g/mol. The van der Waals surface area contributed by atoms with E-state index in [1.165, 1.54) is 0 Å². The van der Waals surface area contributed by atoms with Crippen LogP contribution in [0.3, 0.4) is 0 Å². The standard InChI is InChI=1S/C18H36FN5O7/c19-11-15(30-17-7(21)2-1-6(4-20)28-17)8(22)3-9(23)16(11)31-18-14(27)12(24)13(26)10(5-25)29-18/h6-18,25-27H,1-5,20-24H2/t6-,7+,8-,9+,10+,11-,12-,13+,14+,15+,16-,17+,18+/m0/s1. The van der Waals surface area contributed by atoms with Gasteiger partial charge in [-0.3, -0.25) is 0 Å². The lowest BCUT2D eigenvalue weighted by Gasteiger charge is -2.46. The molecule has 0 amide bonds. The fourth-order valence-corrected chi connectivity index (χ4v) is 4.31. The molecule has 12 nitrogen and oxygen atoms in total. The Balaban J connectivity index is 1.69. The summed E-state index contributed by atoms with van der Waals surface area (Å²) in [6.07, 6.45) is -9.14. The summed E-state index contributed by atoms with van der Waals surface area (Å²) in [5.74, 6) is 0. The molecule has 2 heterocycles. The van der Waals surface area contributed by atoms with Crippen LogP contribution >= 0.6 is 0 Å². The zero-order valence-electron chi connectivity index (χ0n) is 17.3. The van der Waals surface area contributed by atoms with Gasteiger partial charge in [-0.1, -0.05) is 0 Å². The third-order valence-electron chi connectivity index (χ3n) is 6.30. The summed E-state index contributed by atoms with van der Waals surface area (Å²) < 4.78 is 38.1. The second-order valence-electron chi connectivity index (χ2n) is 8.60. The van der Waals surface area contributed by atoms with Crippen molar-refractivity contribution in [3.63, 3.8) is 0 Å². The van der Waals surface area contributed by atoms with Gasteiger partial charge < -0.3 is 62.9 Å². The third-order valence-corrected chi connectivity index (χ3v) is 6.30. The number of rotatable bonds is 6. The Kier molecular flexibility index (Phi) is 8.57. The molecule has 13 N–H and O–H groups in total. The molecule has 0 aromatic carbocycles. The molecule has 31 heavy (non-hydrogen) atoms. The van der Waals surface area contributed by atoms with Gasteiger partial charge in [0.15, 0.2) is 18.8 Å². The number of nitrogens with two attached hydrogens (primary N) is 5. The van der Waals surface area contributed by atoms with Gasteiger partial charge >= 0.3 is 0 Å². The third kappa shape index (κ3) is 5.34.